The summed E-state index contributed by atoms with van der Waals surface area (Å²) in [5, 5.41) is 0.623. The number of benzene rings is 2. The van der Waals surface area contributed by atoms with Crippen molar-refractivity contribution in [3.63, 3.8) is 0 Å². The van der Waals surface area contributed by atoms with Crippen LogP contribution in [-0.2, 0) is 17.1 Å². The Kier molecular flexibility index (Phi) is 6.58. The summed E-state index contributed by atoms with van der Waals surface area (Å²) in [6.07, 6.45) is 3.62. The number of amides is 1. The van der Waals surface area contributed by atoms with E-state index in [1.807, 2.05) is 37.6 Å². The van der Waals surface area contributed by atoms with Gasteiger partial charge in [0.2, 0.25) is 10.0 Å². The standard InChI is InChI=1S/C23H26ClN3O3S2/c1-4-17-7-5-6-14-27(17)32(29,30)18-11-9-16(10-12-18)22(28)25-23-26(3)20-15(2)8-13-19(24)21(20)31-23/h8-13,17H,4-7,14H2,1-3H3. The summed E-state index contributed by atoms with van der Waals surface area (Å²) in [6, 6.07) is 9.90. The number of carbonyl (C=O) groups excluding carboxylic acids is 1. The average Bonchev–Trinajstić information content (AvgIpc) is 3.13. The number of nitrogens with zero attached hydrogens (tertiary/aromatic N) is 3. The molecule has 1 aliphatic rings. The van der Waals surface area contributed by atoms with Gasteiger partial charge in [-0.3, -0.25) is 4.79 Å². The Labute approximate surface area is 197 Å². The molecule has 0 radical (unpaired) electrons. The van der Waals surface area contributed by atoms with Crippen LogP contribution in [0, 0.1) is 6.92 Å². The molecule has 0 spiro atoms. The number of hydrogen-bond donors (Lipinski definition) is 0. The molecule has 170 valence electrons. The number of aromatic nitrogens is 1. The predicted octanol–water partition coefficient (Wildman–Crippen LogP) is 4.90. The van der Waals surface area contributed by atoms with Crippen molar-refractivity contribution in [3.8, 4) is 0 Å². The number of rotatable bonds is 4. The quantitative estimate of drug-likeness (QED) is 0.521. The van der Waals surface area contributed by atoms with Crippen LogP contribution in [0.25, 0.3) is 10.2 Å². The van der Waals surface area contributed by atoms with Crippen LogP contribution in [0.5, 0.6) is 0 Å². The minimum Gasteiger partial charge on any atom is -0.319 e. The largest absolute Gasteiger partial charge is 0.319 e. The molecule has 4 rings (SSSR count). The number of hydrogen-bond acceptors (Lipinski definition) is 4. The predicted molar refractivity (Wildman–Crippen MR) is 129 cm³/mol. The third kappa shape index (κ3) is 4.17. The van der Waals surface area contributed by atoms with Crippen molar-refractivity contribution in [3.05, 3.63) is 57.3 Å². The molecule has 1 fully saturated rings. The van der Waals surface area contributed by atoms with Crippen LogP contribution < -0.4 is 4.80 Å². The summed E-state index contributed by atoms with van der Waals surface area (Å²) in [7, 11) is -1.73. The van der Waals surface area contributed by atoms with Crippen molar-refractivity contribution in [2.24, 2.45) is 12.0 Å². The maximum atomic E-state index is 13.1. The van der Waals surface area contributed by atoms with E-state index in [1.54, 1.807) is 4.31 Å². The van der Waals surface area contributed by atoms with Gasteiger partial charge in [0.15, 0.2) is 4.80 Å². The van der Waals surface area contributed by atoms with Crippen LogP contribution in [0.2, 0.25) is 5.02 Å². The van der Waals surface area contributed by atoms with E-state index in [1.165, 1.54) is 35.6 Å². The van der Waals surface area contributed by atoms with E-state index in [9.17, 15) is 13.2 Å². The van der Waals surface area contributed by atoms with E-state index in [2.05, 4.69) is 4.99 Å². The Hall–Kier alpha value is -2.00. The van der Waals surface area contributed by atoms with Crippen LogP contribution in [0.3, 0.4) is 0 Å². The Balaban J connectivity index is 1.64. The van der Waals surface area contributed by atoms with Gasteiger partial charge in [-0.1, -0.05) is 42.3 Å². The summed E-state index contributed by atoms with van der Waals surface area (Å²) < 4.78 is 30.6. The Bertz CT molecular complexity index is 1340. The topological polar surface area (TPSA) is 71.7 Å². The molecule has 1 atom stereocenters. The lowest BCUT2D eigenvalue weighted by Gasteiger charge is -2.34. The molecule has 0 saturated carbocycles. The van der Waals surface area contributed by atoms with Crippen molar-refractivity contribution < 1.29 is 13.2 Å². The highest BCUT2D eigenvalue weighted by atomic mass is 35.5. The number of sulfonamides is 1. The first kappa shape index (κ1) is 23.2. The number of aryl methyl sites for hydroxylation is 2. The molecular weight excluding hydrogens is 466 g/mol. The van der Waals surface area contributed by atoms with E-state index in [-0.39, 0.29) is 10.9 Å². The maximum Gasteiger partial charge on any atom is 0.279 e. The lowest BCUT2D eigenvalue weighted by atomic mass is 10.0. The van der Waals surface area contributed by atoms with Crippen LogP contribution in [0.4, 0.5) is 0 Å². The van der Waals surface area contributed by atoms with Gasteiger partial charge in [-0.25, -0.2) is 8.42 Å². The van der Waals surface area contributed by atoms with Gasteiger partial charge in [-0.15, -0.1) is 0 Å². The molecule has 0 bridgehead atoms. The number of piperidine rings is 1. The van der Waals surface area contributed by atoms with Crippen LogP contribution >= 0.6 is 22.9 Å². The highest BCUT2D eigenvalue weighted by molar-refractivity contribution is 7.89. The third-order valence-electron chi connectivity index (χ3n) is 6.05. The SMILES string of the molecule is CCC1CCCCN1S(=O)(=O)c1ccc(C(=O)N=c2sc3c(Cl)ccc(C)c3n2C)cc1. The van der Waals surface area contributed by atoms with Crippen LogP contribution in [0.15, 0.2) is 46.3 Å². The molecule has 1 aromatic heterocycles. The zero-order valence-electron chi connectivity index (χ0n) is 18.3. The fourth-order valence-electron chi connectivity index (χ4n) is 4.27. The van der Waals surface area contributed by atoms with Gasteiger partial charge < -0.3 is 4.57 Å². The van der Waals surface area contributed by atoms with Crippen LogP contribution in [-0.4, -0.2) is 35.8 Å². The summed E-state index contributed by atoms with van der Waals surface area (Å²) in [5.74, 6) is -0.422. The smallest absolute Gasteiger partial charge is 0.279 e. The van der Waals surface area contributed by atoms with Crippen molar-refractivity contribution in [2.45, 2.75) is 50.5 Å². The van der Waals surface area contributed by atoms with Gasteiger partial charge in [0.05, 0.1) is 20.1 Å². The van der Waals surface area contributed by atoms with E-state index < -0.39 is 15.9 Å². The normalized spacial score (nSPS) is 18.4. The molecule has 6 nitrogen and oxygen atoms in total. The van der Waals surface area contributed by atoms with Crippen molar-refractivity contribution in [2.75, 3.05) is 6.54 Å². The van der Waals surface area contributed by atoms with E-state index in [0.29, 0.717) is 21.9 Å². The fourth-order valence-corrected chi connectivity index (χ4v) is 7.40. The number of fused-ring (bicyclic) bond motifs is 1. The van der Waals surface area contributed by atoms with Gasteiger partial charge in [0, 0.05) is 25.2 Å². The summed E-state index contributed by atoms with van der Waals surface area (Å²) in [6.45, 7) is 4.55. The molecule has 0 aliphatic carbocycles. The second kappa shape index (κ2) is 9.09. The zero-order valence-corrected chi connectivity index (χ0v) is 20.7. The molecule has 3 aromatic rings. The van der Waals surface area contributed by atoms with Gasteiger partial charge in [0.25, 0.3) is 5.91 Å². The monoisotopic (exact) mass is 491 g/mol. The fraction of sp³-hybridized carbons (Fsp3) is 0.391. The van der Waals surface area contributed by atoms with E-state index >= 15 is 0 Å². The first-order chi connectivity index (χ1) is 15.2. The molecule has 1 saturated heterocycles. The van der Waals surface area contributed by atoms with Crippen molar-refractivity contribution in [1.29, 1.82) is 0 Å². The molecule has 32 heavy (non-hydrogen) atoms. The lowest BCUT2D eigenvalue weighted by molar-refractivity contribution is 0.0998. The van der Waals surface area contributed by atoms with E-state index in [4.69, 9.17) is 11.6 Å². The molecule has 9 heteroatoms. The number of carbonyl (C=O) groups is 1. The molecule has 0 N–H and O–H groups in total. The Morgan fingerprint density at radius 1 is 1.19 bits per heavy atom. The summed E-state index contributed by atoms with van der Waals surface area (Å²) >= 11 is 7.68. The second-order valence-electron chi connectivity index (χ2n) is 8.10. The zero-order chi connectivity index (χ0) is 23.0. The first-order valence-corrected chi connectivity index (χ1v) is 13.3. The minimum atomic E-state index is -3.58. The molecular formula is C23H26ClN3O3S2. The number of halogens is 1. The molecule has 2 heterocycles. The Morgan fingerprint density at radius 3 is 2.56 bits per heavy atom. The third-order valence-corrected chi connectivity index (χ3v) is 9.61. The highest BCUT2D eigenvalue weighted by Gasteiger charge is 2.32. The molecule has 1 unspecified atom stereocenters. The molecule has 2 aromatic carbocycles. The first-order valence-electron chi connectivity index (χ1n) is 10.7. The molecule has 1 amide bonds. The summed E-state index contributed by atoms with van der Waals surface area (Å²) in [5.41, 5.74) is 2.34. The minimum absolute atomic E-state index is 0.0355. The van der Waals surface area contributed by atoms with E-state index in [0.717, 1.165) is 41.5 Å². The van der Waals surface area contributed by atoms with Gasteiger partial charge in [-0.05, 0) is 62.1 Å². The highest BCUT2D eigenvalue weighted by Crippen LogP contribution is 2.29. The van der Waals surface area contributed by atoms with Crippen LogP contribution in [0.1, 0.15) is 48.5 Å². The van der Waals surface area contributed by atoms with Gasteiger partial charge in [0.1, 0.15) is 0 Å². The number of thiazole rings is 1. The maximum absolute atomic E-state index is 13.1. The van der Waals surface area contributed by atoms with Crippen molar-refractivity contribution >= 4 is 49.1 Å². The summed E-state index contributed by atoms with van der Waals surface area (Å²) in [4.78, 5) is 17.8. The average molecular weight is 492 g/mol. The van der Waals surface area contributed by atoms with Gasteiger partial charge >= 0.3 is 0 Å². The second-order valence-corrected chi connectivity index (χ2v) is 11.4. The van der Waals surface area contributed by atoms with Crippen molar-refractivity contribution in [1.82, 2.24) is 8.87 Å². The molecule has 1 aliphatic heterocycles. The Morgan fingerprint density at radius 2 is 1.91 bits per heavy atom. The lowest BCUT2D eigenvalue weighted by Crippen LogP contribution is -2.43. The van der Waals surface area contributed by atoms with Gasteiger partial charge in [-0.2, -0.15) is 9.30 Å².